The highest BCUT2D eigenvalue weighted by molar-refractivity contribution is 5.83. The van der Waals surface area contributed by atoms with E-state index in [9.17, 15) is 4.79 Å². The van der Waals surface area contributed by atoms with Gasteiger partial charge in [0.15, 0.2) is 5.82 Å². The average Bonchev–Trinajstić information content (AvgIpc) is 3.41. The van der Waals surface area contributed by atoms with E-state index in [2.05, 4.69) is 64.4 Å². The number of aromatic amines is 1. The Kier molecular flexibility index (Phi) is 5.38. The quantitative estimate of drug-likeness (QED) is 0.688. The fraction of sp³-hybridized carbons (Fsp3) is 0.583. The van der Waals surface area contributed by atoms with Crippen molar-refractivity contribution < 1.29 is 0 Å². The first kappa shape index (κ1) is 20.4. The number of fused-ring (bicyclic) bond motifs is 1. The zero-order valence-corrected chi connectivity index (χ0v) is 18.8. The van der Waals surface area contributed by atoms with Crippen LogP contribution in [0.5, 0.6) is 0 Å². The summed E-state index contributed by atoms with van der Waals surface area (Å²) in [6, 6.07) is 6.44. The first-order valence-electron chi connectivity index (χ1n) is 11.7. The van der Waals surface area contributed by atoms with Gasteiger partial charge in [-0.05, 0) is 85.5 Å². The molecule has 1 saturated carbocycles. The Balaban J connectivity index is 1.67. The van der Waals surface area contributed by atoms with Crippen molar-refractivity contribution in [1.82, 2.24) is 30.1 Å². The molecular weight excluding hydrogens is 388 g/mol. The molecule has 2 aromatic heterocycles. The van der Waals surface area contributed by atoms with Crippen molar-refractivity contribution in [2.75, 3.05) is 13.1 Å². The minimum Gasteiger partial charge on any atom is -0.321 e. The van der Waals surface area contributed by atoms with Crippen molar-refractivity contribution in [3.8, 4) is 0 Å². The molecule has 164 valence electrons. The van der Waals surface area contributed by atoms with Crippen molar-refractivity contribution in [2.24, 2.45) is 5.92 Å². The maximum atomic E-state index is 13.4. The van der Waals surface area contributed by atoms with Crippen molar-refractivity contribution >= 4 is 10.9 Å². The van der Waals surface area contributed by atoms with Gasteiger partial charge >= 0.3 is 0 Å². The highest BCUT2D eigenvalue weighted by Gasteiger charge is 2.34. The molecule has 1 aliphatic heterocycles. The molecule has 1 aliphatic carbocycles. The molecule has 0 bridgehead atoms. The highest BCUT2D eigenvalue weighted by Crippen LogP contribution is 2.35. The van der Waals surface area contributed by atoms with E-state index in [1.807, 2.05) is 4.68 Å². The third-order valence-corrected chi connectivity index (χ3v) is 7.10. The number of hydrogen-bond acceptors (Lipinski definition) is 5. The van der Waals surface area contributed by atoms with Gasteiger partial charge in [-0.3, -0.25) is 9.69 Å². The Morgan fingerprint density at radius 2 is 1.90 bits per heavy atom. The van der Waals surface area contributed by atoms with Crippen molar-refractivity contribution in [3.05, 3.63) is 51.1 Å². The maximum Gasteiger partial charge on any atom is 0.253 e. The topological polar surface area (TPSA) is 79.7 Å². The van der Waals surface area contributed by atoms with Crippen LogP contribution in [0.3, 0.4) is 0 Å². The molecule has 1 saturated heterocycles. The molecule has 2 aliphatic rings. The second-order valence-electron chi connectivity index (χ2n) is 9.66. The lowest BCUT2D eigenvalue weighted by atomic mass is 9.95. The maximum absolute atomic E-state index is 13.4. The summed E-state index contributed by atoms with van der Waals surface area (Å²) in [5.74, 6) is 1.41. The van der Waals surface area contributed by atoms with E-state index in [0.717, 1.165) is 60.2 Å². The first-order valence-corrected chi connectivity index (χ1v) is 11.7. The van der Waals surface area contributed by atoms with Gasteiger partial charge < -0.3 is 4.98 Å². The largest absolute Gasteiger partial charge is 0.321 e. The number of aromatic nitrogens is 5. The molecule has 0 spiro atoms. The summed E-state index contributed by atoms with van der Waals surface area (Å²) < 4.78 is 2.02. The van der Waals surface area contributed by atoms with E-state index < -0.39 is 0 Å². The lowest BCUT2D eigenvalue weighted by Gasteiger charge is -2.36. The van der Waals surface area contributed by atoms with Gasteiger partial charge in [0.25, 0.3) is 5.56 Å². The summed E-state index contributed by atoms with van der Waals surface area (Å²) in [7, 11) is 0. The SMILES string of the molecule is Cc1cc(C)c2[nH]c(=O)c([C@@H](c3nnnn3C3CCCC3)N3CCC[C@H](C)C3)cc2c1. The molecule has 1 N–H and O–H groups in total. The molecule has 5 rings (SSSR count). The monoisotopic (exact) mass is 420 g/mol. The van der Waals surface area contributed by atoms with Crippen LogP contribution in [0, 0.1) is 19.8 Å². The van der Waals surface area contributed by atoms with Crippen molar-refractivity contribution in [2.45, 2.75) is 71.4 Å². The number of piperidine rings is 1. The molecule has 3 heterocycles. The molecule has 2 atom stereocenters. The summed E-state index contributed by atoms with van der Waals surface area (Å²) in [5.41, 5.74) is 3.92. The summed E-state index contributed by atoms with van der Waals surface area (Å²) >= 11 is 0. The number of benzene rings is 1. The van der Waals surface area contributed by atoms with Crippen molar-refractivity contribution in [3.63, 3.8) is 0 Å². The van der Waals surface area contributed by atoms with Gasteiger partial charge in [0.1, 0.15) is 6.04 Å². The fourth-order valence-electron chi connectivity index (χ4n) is 5.66. The van der Waals surface area contributed by atoms with Gasteiger partial charge in [-0.25, -0.2) is 4.68 Å². The minimum absolute atomic E-state index is 0.0383. The Bertz CT molecular complexity index is 1140. The second kappa shape index (κ2) is 8.19. The van der Waals surface area contributed by atoms with Crippen LogP contribution in [-0.2, 0) is 0 Å². The van der Waals surface area contributed by atoms with Crippen LogP contribution >= 0.6 is 0 Å². The molecule has 1 aromatic carbocycles. The zero-order chi connectivity index (χ0) is 21.5. The molecule has 0 radical (unpaired) electrons. The molecule has 31 heavy (non-hydrogen) atoms. The summed E-state index contributed by atoms with van der Waals surface area (Å²) in [6.45, 7) is 8.35. The summed E-state index contributed by atoms with van der Waals surface area (Å²) in [5, 5.41) is 14.0. The lowest BCUT2D eigenvalue weighted by molar-refractivity contribution is 0.139. The molecule has 0 unspecified atom stereocenters. The molecule has 7 heteroatoms. The normalized spacial score (nSPS) is 21.7. The van der Waals surface area contributed by atoms with E-state index in [4.69, 9.17) is 0 Å². The number of hydrogen-bond donors (Lipinski definition) is 1. The van der Waals surface area contributed by atoms with Crippen LogP contribution in [-0.4, -0.2) is 43.2 Å². The van der Waals surface area contributed by atoms with Crippen LogP contribution < -0.4 is 5.56 Å². The van der Waals surface area contributed by atoms with Gasteiger partial charge in [0.2, 0.25) is 0 Å². The van der Waals surface area contributed by atoms with E-state index >= 15 is 0 Å². The van der Waals surface area contributed by atoms with Crippen LogP contribution in [0.4, 0.5) is 0 Å². The second-order valence-corrected chi connectivity index (χ2v) is 9.66. The smallest absolute Gasteiger partial charge is 0.253 e. The molecule has 3 aromatic rings. The Hall–Kier alpha value is -2.54. The Morgan fingerprint density at radius 3 is 2.68 bits per heavy atom. The molecule has 7 nitrogen and oxygen atoms in total. The van der Waals surface area contributed by atoms with E-state index in [1.54, 1.807) is 0 Å². The number of rotatable bonds is 4. The van der Waals surface area contributed by atoms with Crippen LogP contribution in [0.15, 0.2) is 23.0 Å². The molecule has 2 fully saturated rings. The lowest BCUT2D eigenvalue weighted by Crippen LogP contribution is -2.41. The number of nitrogens with one attached hydrogen (secondary N) is 1. The number of aryl methyl sites for hydroxylation is 2. The standard InChI is InChI=1S/C24H32N6O/c1-15-7-6-10-29(14-15)22(23-26-27-28-30(23)19-8-4-5-9-19)20-13-18-12-16(2)11-17(3)21(18)25-24(20)31/h11-13,15,19,22H,4-10,14H2,1-3H3,(H,25,31)/t15-,22-/m0/s1. The Labute approximate surface area is 182 Å². The number of H-pyrrole nitrogens is 1. The highest BCUT2D eigenvalue weighted by atomic mass is 16.1. The van der Waals surface area contributed by atoms with Crippen LogP contribution in [0.2, 0.25) is 0 Å². The minimum atomic E-state index is -0.229. The van der Waals surface area contributed by atoms with Gasteiger partial charge in [-0.1, -0.05) is 31.4 Å². The van der Waals surface area contributed by atoms with E-state index in [-0.39, 0.29) is 11.6 Å². The van der Waals surface area contributed by atoms with Crippen LogP contribution in [0.1, 0.15) is 80.0 Å². The van der Waals surface area contributed by atoms with E-state index in [1.165, 1.54) is 24.8 Å². The molecule has 0 amide bonds. The predicted octanol–water partition coefficient (Wildman–Crippen LogP) is 4.07. The number of tetrazole rings is 1. The number of nitrogens with zero attached hydrogens (tertiary/aromatic N) is 5. The van der Waals surface area contributed by atoms with Gasteiger partial charge in [-0.2, -0.15) is 0 Å². The first-order chi connectivity index (χ1) is 15.0. The van der Waals surface area contributed by atoms with Gasteiger partial charge in [0.05, 0.1) is 11.6 Å². The van der Waals surface area contributed by atoms with Crippen LogP contribution in [0.25, 0.3) is 10.9 Å². The number of likely N-dealkylation sites (tertiary alicyclic amines) is 1. The summed E-state index contributed by atoms with van der Waals surface area (Å²) in [4.78, 5) is 19.0. The van der Waals surface area contributed by atoms with Gasteiger partial charge in [-0.15, -0.1) is 5.10 Å². The zero-order valence-electron chi connectivity index (χ0n) is 18.8. The van der Waals surface area contributed by atoms with E-state index in [0.29, 0.717) is 12.0 Å². The summed E-state index contributed by atoms with van der Waals surface area (Å²) in [6.07, 6.45) is 6.99. The predicted molar refractivity (Wildman–Crippen MR) is 121 cm³/mol. The third kappa shape index (κ3) is 3.80. The fourth-order valence-corrected chi connectivity index (χ4v) is 5.66. The molecular formula is C24H32N6O. The third-order valence-electron chi connectivity index (χ3n) is 7.10. The van der Waals surface area contributed by atoms with Gasteiger partial charge in [0, 0.05) is 12.1 Å². The van der Waals surface area contributed by atoms with Crippen molar-refractivity contribution in [1.29, 1.82) is 0 Å². The number of pyridine rings is 1. The average molecular weight is 421 g/mol. The Morgan fingerprint density at radius 1 is 1.10 bits per heavy atom.